The molecule has 2 aromatic rings. The molecule has 3 heteroatoms. The SMILES string of the molecule is CCc1ccc(-c2nc(CC#N)c(C)n2C)cc1. The van der Waals surface area contributed by atoms with Gasteiger partial charge in [-0.3, -0.25) is 0 Å². The minimum absolute atomic E-state index is 0.368. The highest BCUT2D eigenvalue weighted by Gasteiger charge is 2.12. The molecule has 0 aliphatic carbocycles. The highest BCUT2D eigenvalue weighted by Crippen LogP contribution is 2.22. The zero-order valence-electron chi connectivity index (χ0n) is 11.1. The van der Waals surface area contributed by atoms with Gasteiger partial charge in [0, 0.05) is 18.3 Å². The minimum Gasteiger partial charge on any atom is -0.331 e. The highest BCUT2D eigenvalue weighted by atomic mass is 15.1. The molecule has 0 atom stereocenters. The average Bonchev–Trinajstić information content (AvgIpc) is 2.68. The molecular formula is C15H17N3. The molecule has 92 valence electrons. The molecule has 0 radical (unpaired) electrons. The molecule has 1 aromatic heterocycles. The lowest BCUT2D eigenvalue weighted by Gasteiger charge is -2.04. The van der Waals surface area contributed by atoms with Crippen molar-refractivity contribution in [2.24, 2.45) is 7.05 Å². The Morgan fingerprint density at radius 2 is 1.94 bits per heavy atom. The Hall–Kier alpha value is -2.08. The monoisotopic (exact) mass is 239 g/mol. The fraction of sp³-hybridized carbons (Fsp3) is 0.333. The Labute approximate surface area is 108 Å². The molecule has 0 unspecified atom stereocenters. The summed E-state index contributed by atoms with van der Waals surface area (Å²) in [5, 5.41) is 8.78. The third-order valence-corrected chi connectivity index (χ3v) is 3.35. The van der Waals surface area contributed by atoms with Gasteiger partial charge >= 0.3 is 0 Å². The van der Waals surface area contributed by atoms with E-state index in [-0.39, 0.29) is 0 Å². The lowest BCUT2D eigenvalue weighted by molar-refractivity contribution is 0.879. The van der Waals surface area contributed by atoms with Gasteiger partial charge in [0.15, 0.2) is 0 Å². The quantitative estimate of drug-likeness (QED) is 0.826. The lowest BCUT2D eigenvalue weighted by Crippen LogP contribution is -1.95. The minimum atomic E-state index is 0.368. The van der Waals surface area contributed by atoms with Crippen LogP contribution in [0.5, 0.6) is 0 Å². The fourth-order valence-corrected chi connectivity index (χ4v) is 2.03. The van der Waals surface area contributed by atoms with Crippen LogP contribution in [0.4, 0.5) is 0 Å². The predicted octanol–water partition coefficient (Wildman–Crippen LogP) is 3.02. The van der Waals surface area contributed by atoms with Gasteiger partial charge < -0.3 is 4.57 Å². The average molecular weight is 239 g/mol. The number of benzene rings is 1. The molecule has 0 saturated carbocycles. The largest absolute Gasteiger partial charge is 0.331 e. The molecule has 0 spiro atoms. The predicted molar refractivity (Wildman–Crippen MR) is 72.1 cm³/mol. The molecule has 0 bridgehead atoms. The van der Waals surface area contributed by atoms with E-state index in [2.05, 4.69) is 42.2 Å². The van der Waals surface area contributed by atoms with Gasteiger partial charge in [-0.15, -0.1) is 0 Å². The second-order valence-electron chi connectivity index (χ2n) is 4.41. The maximum atomic E-state index is 8.78. The standard InChI is InChI=1S/C15H17N3/c1-4-12-5-7-13(8-6-12)15-17-14(9-10-16)11(2)18(15)3/h5-8H,4,9H2,1-3H3. The first-order valence-electron chi connectivity index (χ1n) is 6.15. The van der Waals surface area contributed by atoms with Crippen molar-refractivity contribution in [1.29, 1.82) is 5.26 Å². The van der Waals surface area contributed by atoms with Crippen molar-refractivity contribution in [3.63, 3.8) is 0 Å². The molecule has 0 amide bonds. The molecular weight excluding hydrogens is 222 g/mol. The maximum absolute atomic E-state index is 8.78. The zero-order valence-corrected chi connectivity index (χ0v) is 11.1. The van der Waals surface area contributed by atoms with Gasteiger partial charge in [0.05, 0.1) is 18.2 Å². The summed E-state index contributed by atoms with van der Waals surface area (Å²) in [6, 6.07) is 10.6. The number of nitrogens with zero attached hydrogens (tertiary/aromatic N) is 3. The maximum Gasteiger partial charge on any atom is 0.140 e. The van der Waals surface area contributed by atoms with Crippen molar-refractivity contribution in [3.05, 3.63) is 41.2 Å². The second kappa shape index (κ2) is 5.05. The summed E-state index contributed by atoms with van der Waals surface area (Å²) < 4.78 is 2.05. The van der Waals surface area contributed by atoms with Gasteiger partial charge in [0.2, 0.25) is 0 Å². The number of aryl methyl sites for hydroxylation is 1. The van der Waals surface area contributed by atoms with Gasteiger partial charge in [-0.1, -0.05) is 31.2 Å². The number of hydrogen-bond acceptors (Lipinski definition) is 2. The van der Waals surface area contributed by atoms with Crippen LogP contribution in [0.3, 0.4) is 0 Å². The van der Waals surface area contributed by atoms with Gasteiger partial charge in [-0.25, -0.2) is 4.98 Å². The van der Waals surface area contributed by atoms with Crippen LogP contribution in [-0.4, -0.2) is 9.55 Å². The van der Waals surface area contributed by atoms with E-state index in [1.165, 1.54) is 5.56 Å². The summed E-state index contributed by atoms with van der Waals surface area (Å²) in [5.41, 5.74) is 4.35. The van der Waals surface area contributed by atoms with E-state index in [1.54, 1.807) is 0 Å². The fourth-order valence-electron chi connectivity index (χ4n) is 2.03. The van der Waals surface area contributed by atoms with E-state index in [0.717, 1.165) is 29.2 Å². The van der Waals surface area contributed by atoms with Gasteiger partial charge in [0.1, 0.15) is 5.82 Å². The van der Waals surface area contributed by atoms with Crippen LogP contribution in [0, 0.1) is 18.3 Å². The van der Waals surface area contributed by atoms with Crippen LogP contribution in [0.1, 0.15) is 23.9 Å². The van der Waals surface area contributed by atoms with E-state index in [1.807, 2.05) is 18.5 Å². The van der Waals surface area contributed by atoms with Crippen LogP contribution >= 0.6 is 0 Å². The van der Waals surface area contributed by atoms with Crippen molar-refractivity contribution < 1.29 is 0 Å². The molecule has 1 heterocycles. The van der Waals surface area contributed by atoms with E-state index < -0.39 is 0 Å². The summed E-state index contributed by atoms with van der Waals surface area (Å²) >= 11 is 0. The number of aromatic nitrogens is 2. The summed E-state index contributed by atoms with van der Waals surface area (Å²) in [6.45, 7) is 4.15. The first-order chi connectivity index (χ1) is 8.67. The van der Waals surface area contributed by atoms with Crippen LogP contribution in [0.2, 0.25) is 0 Å². The molecule has 0 aliphatic rings. The molecule has 0 saturated heterocycles. The molecule has 0 N–H and O–H groups in total. The van der Waals surface area contributed by atoms with E-state index in [0.29, 0.717) is 6.42 Å². The molecule has 1 aromatic carbocycles. The number of nitriles is 1. The van der Waals surface area contributed by atoms with E-state index in [9.17, 15) is 0 Å². The smallest absolute Gasteiger partial charge is 0.140 e. The van der Waals surface area contributed by atoms with Crippen LogP contribution < -0.4 is 0 Å². The van der Waals surface area contributed by atoms with Crippen LogP contribution in [0.15, 0.2) is 24.3 Å². The summed E-state index contributed by atoms with van der Waals surface area (Å²) in [6.07, 6.45) is 1.41. The Kier molecular flexibility index (Phi) is 3.47. The Bertz CT molecular complexity index is 585. The summed E-state index contributed by atoms with van der Waals surface area (Å²) in [7, 11) is 1.99. The first kappa shape index (κ1) is 12.4. The molecule has 18 heavy (non-hydrogen) atoms. The lowest BCUT2D eigenvalue weighted by atomic mass is 10.1. The van der Waals surface area contributed by atoms with Crippen LogP contribution in [-0.2, 0) is 19.9 Å². The normalized spacial score (nSPS) is 10.3. The van der Waals surface area contributed by atoms with E-state index in [4.69, 9.17) is 5.26 Å². The van der Waals surface area contributed by atoms with Crippen LogP contribution in [0.25, 0.3) is 11.4 Å². The van der Waals surface area contributed by atoms with Crippen molar-refractivity contribution in [1.82, 2.24) is 9.55 Å². The first-order valence-corrected chi connectivity index (χ1v) is 6.15. The van der Waals surface area contributed by atoms with Gasteiger partial charge in [-0.2, -0.15) is 5.26 Å². The number of hydrogen-bond donors (Lipinski definition) is 0. The Morgan fingerprint density at radius 3 is 2.50 bits per heavy atom. The van der Waals surface area contributed by atoms with Crippen molar-refractivity contribution in [2.45, 2.75) is 26.7 Å². The van der Waals surface area contributed by atoms with E-state index >= 15 is 0 Å². The van der Waals surface area contributed by atoms with Gasteiger partial charge in [0.25, 0.3) is 0 Å². The summed E-state index contributed by atoms with van der Waals surface area (Å²) in [5.74, 6) is 0.931. The Balaban J connectivity index is 2.44. The molecule has 0 fully saturated rings. The summed E-state index contributed by atoms with van der Waals surface area (Å²) in [4.78, 5) is 4.57. The Morgan fingerprint density at radius 1 is 1.28 bits per heavy atom. The number of rotatable bonds is 3. The van der Waals surface area contributed by atoms with Gasteiger partial charge in [-0.05, 0) is 18.9 Å². The molecule has 3 nitrogen and oxygen atoms in total. The zero-order chi connectivity index (χ0) is 13.1. The highest BCUT2D eigenvalue weighted by molar-refractivity contribution is 5.57. The topological polar surface area (TPSA) is 41.6 Å². The molecule has 0 aliphatic heterocycles. The number of imidazole rings is 1. The third-order valence-electron chi connectivity index (χ3n) is 3.35. The van der Waals surface area contributed by atoms with Crippen molar-refractivity contribution >= 4 is 0 Å². The van der Waals surface area contributed by atoms with Crippen molar-refractivity contribution in [2.75, 3.05) is 0 Å². The van der Waals surface area contributed by atoms with Crippen molar-refractivity contribution in [3.8, 4) is 17.5 Å². The third kappa shape index (κ3) is 2.14. The second-order valence-corrected chi connectivity index (χ2v) is 4.41. The molecule has 2 rings (SSSR count).